The molecule has 1 aromatic heterocycles. The van der Waals surface area contributed by atoms with Gasteiger partial charge in [0.15, 0.2) is 11.5 Å². The van der Waals surface area contributed by atoms with Crippen LogP contribution in [0.5, 0.6) is 11.5 Å². The molecule has 0 saturated heterocycles. The van der Waals surface area contributed by atoms with Crippen molar-refractivity contribution in [3.63, 3.8) is 0 Å². The van der Waals surface area contributed by atoms with Crippen molar-refractivity contribution in [1.82, 2.24) is 5.32 Å². The number of carbonyl (C=O) groups excluding carboxylic acids is 1. The van der Waals surface area contributed by atoms with Crippen LogP contribution in [0.2, 0.25) is 0 Å². The molecule has 2 atom stereocenters. The molecule has 1 aliphatic carbocycles. The number of fused-ring (bicyclic) bond motifs is 4. The van der Waals surface area contributed by atoms with Crippen LogP contribution in [0, 0.1) is 16.0 Å². The Morgan fingerprint density at radius 3 is 2.81 bits per heavy atom. The molecule has 0 fully saturated rings. The molecule has 140 valence electrons. The molecule has 3 heterocycles. The van der Waals surface area contributed by atoms with Gasteiger partial charge in [0.2, 0.25) is 6.79 Å². The van der Waals surface area contributed by atoms with Crippen molar-refractivity contribution in [3.05, 3.63) is 43.8 Å². The normalized spacial score (nSPS) is 22.5. The van der Waals surface area contributed by atoms with Crippen LogP contribution in [0.1, 0.15) is 45.9 Å². The number of amides is 1. The van der Waals surface area contributed by atoms with Gasteiger partial charge >= 0.3 is 0 Å². The maximum Gasteiger partial charge on any atom is 0.280 e. The van der Waals surface area contributed by atoms with E-state index in [9.17, 15) is 14.9 Å². The first-order valence-corrected chi connectivity index (χ1v) is 9.62. The number of nitro benzene ring substituents is 1. The fourth-order valence-electron chi connectivity index (χ4n) is 3.95. The Morgan fingerprint density at radius 1 is 1.26 bits per heavy atom. The van der Waals surface area contributed by atoms with Crippen molar-refractivity contribution in [3.8, 4) is 11.5 Å². The van der Waals surface area contributed by atoms with Gasteiger partial charge < -0.3 is 20.1 Å². The first-order chi connectivity index (χ1) is 13.0. The summed E-state index contributed by atoms with van der Waals surface area (Å²) in [5.41, 5.74) is 2.05. The van der Waals surface area contributed by atoms with Crippen molar-refractivity contribution < 1.29 is 19.2 Å². The van der Waals surface area contributed by atoms with Crippen LogP contribution >= 0.6 is 11.3 Å². The molecule has 27 heavy (non-hydrogen) atoms. The molecule has 8 nitrogen and oxygen atoms in total. The van der Waals surface area contributed by atoms with Gasteiger partial charge in [0.05, 0.1) is 22.1 Å². The monoisotopic (exact) mass is 387 g/mol. The molecule has 1 amide bonds. The van der Waals surface area contributed by atoms with Crippen LogP contribution in [0.15, 0.2) is 12.1 Å². The maximum atomic E-state index is 12.8. The molecule has 0 unspecified atom stereocenters. The molecule has 0 bridgehead atoms. The molecule has 0 spiro atoms. The SMILES string of the molecule is C[C@H]1CCc2c(sc3c2C(=O)N[C@@H](c2cc4c(cc2[N+](=O)[O-])OCO4)N3)C1. The predicted molar refractivity (Wildman–Crippen MR) is 98.6 cm³/mol. The smallest absolute Gasteiger partial charge is 0.280 e. The van der Waals surface area contributed by atoms with Crippen molar-refractivity contribution in [2.24, 2.45) is 5.92 Å². The Balaban J connectivity index is 1.56. The molecule has 0 radical (unpaired) electrons. The van der Waals surface area contributed by atoms with E-state index in [2.05, 4.69) is 17.6 Å². The van der Waals surface area contributed by atoms with E-state index in [0.29, 0.717) is 28.5 Å². The minimum absolute atomic E-state index is 0.0281. The van der Waals surface area contributed by atoms with Gasteiger partial charge in [0, 0.05) is 4.88 Å². The molecule has 9 heteroatoms. The van der Waals surface area contributed by atoms with E-state index in [1.807, 2.05) is 0 Å². The molecular formula is C18H17N3O5S. The summed E-state index contributed by atoms with van der Waals surface area (Å²) in [6, 6.07) is 2.92. The second-order valence-corrected chi connectivity index (χ2v) is 8.23. The summed E-state index contributed by atoms with van der Waals surface area (Å²) in [5, 5.41) is 18.5. The first-order valence-electron chi connectivity index (χ1n) is 8.81. The number of carbonyl (C=O) groups is 1. The van der Waals surface area contributed by atoms with Crippen molar-refractivity contribution >= 4 is 27.9 Å². The van der Waals surface area contributed by atoms with Crippen LogP contribution in [0.25, 0.3) is 0 Å². The molecule has 2 N–H and O–H groups in total. The molecule has 5 rings (SSSR count). The van der Waals surface area contributed by atoms with Crippen molar-refractivity contribution in [1.29, 1.82) is 0 Å². The minimum atomic E-state index is -0.697. The highest BCUT2D eigenvalue weighted by Crippen LogP contribution is 2.45. The third-order valence-electron chi connectivity index (χ3n) is 5.32. The standard InChI is InChI=1S/C18H17N3O5S/c1-8-2-3-9-14(4-8)27-18-15(9)17(22)19-16(20-18)10-5-12-13(26-7-25-12)6-11(10)21(23)24/h5-6,8,16,20H,2-4,7H2,1H3,(H,19,22)/t8-,16+/m0/s1. The predicted octanol–water partition coefficient (Wildman–Crippen LogP) is 3.36. The summed E-state index contributed by atoms with van der Waals surface area (Å²) >= 11 is 1.59. The summed E-state index contributed by atoms with van der Waals surface area (Å²) in [5.74, 6) is 1.20. The average molecular weight is 387 g/mol. The third kappa shape index (κ3) is 2.53. The minimum Gasteiger partial charge on any atom is -0.454 e. The Hall–Kier alpha value is -2.81. The van der Waals surface area contributed by atoms with Gasteiger partial charge in [-0.2, -0.15) is 0 Å². The van der Waals surface area contributed by atoms with Crippen LogP contribution in [-0.4, -0.2) is 17.6 Å². The van der Waals surface area contributed by atoms with Crippen LogP contribution < -0.4 is 20.1 Å². The lowest BCUT2D eigenvalue weighted by Crippen LogP contribution is -2.38. The topological polar surface area (TPSA) is 103 Å². The highest BCUT2D eigenvalue weighted by Gasteiger charge is 2.36. The van der Waals surface area contributed by atoms with E-state index >= 15 is 0 Å². The van der Waals surface area contributed by atoms with Gasteiger partial charge in [-0.3, -0.25) is 14.9 Å². The summed E-state index contributed by atoms with van der Waals surface area (Å²) in [7, 11) is 0. The van der Waals surface area contributed by atoms with Crippen LogP contribution in [0.3, 0.4) is 0 Å². The lowest BCUT2D eigenvalue weighted by atomic mass is 9.88. The summed E-state index contributed by atoms with van der Waals surface area (Å²) in [6.45, 7) is 2.24. The van der Waals surface area contributed by atoms with Crippen molar-refractivity contribution in [2.75, 3.05) is 12.1 Å². The van der Waals surface area contributed by atoms with Gasteiger partial charge in [-0.15, -0.1) is 11.3 Å². The zero-order valence-corrected chi connectivity index (χ0v) is 15.4. The van der Waals surface area contributed by atoms with E-state index in [1.54, 1.807) is 17.4 Å². The van der Waals surface area contributed by atoms with E-state index in [4.69, 9.17) is 9.47 Å². The summed E-state index contributed by atoms with van der Waals surface area (Å²) in [4.78, 5) is 25.2. The van der Waals surface area contributed by atoms with Crippen molar-refractivity contribution in [2.45, 2.75) is 32.4 Å². The Labute approximate surface area is 158 Å². The molecular weight excluding hydrogens is 370 g/mol. The largest absolute Gasteiger partial charge is 0.454 e. The molecule has 0 saturated carbocycles. The average Bonchev–Trinajstić information content (AvgIpc) is 3.23. The number of benzene rings is 1. The van der Waals surface area contributed by atoms with Gasteiger partial charge in [0.25, 0.3) is 11.6 Å². The highest BCUT2D eigenvalue weighted by molar-refractivity contribution is 7.16. The molecule has 2 aliphatic heterocycles. The van der Waals surface area contributed by atoms with E-state index < -0.39 is 11.1 Å². The molecule has 3 aliphatic rings. The van der Waals surface area contributed by atoms with Crippen LogP contribution in [-0.2, 0) is 12.8 Å². The fraction of sp³-hybridized carbons (Fsp3) is 0.389. The zero-order valence-electron chi connectivity index (χ0n) is 14.5. The Bertz CT molecular complexity index is 986. The third-order valence-corrected chi connectivity index (χ3v) is 6.50. The Kier molecular flexibility index (Phi) is 3.55. The number of nitro groups is 1. The molecule has 1 aromatic carbocycles. The zero-order chi connectivity index (χ0) is 18.7. The number of nitrogens with zero attached hydrogens (tertiary/aromatic N) is 1. The summed E-state index contributed by atoms with van der Waals surface area (Å²) in [6.07, 6.45) is 2.24. The van der Waals surface area contributed by atoms with Gasteiger partial charge in [-0.05, 0) is 36.8 Å². The van der Waals surface area contributed by atoms with Gasteiger partial charge in [0.1, 0.15) is 11.2 Å². The summed E-state index contributed by atoms with van der Waals surface area (Å²) < 4.78 is 10.6. The van der Waals surface area contributed by atoms with E-state index in [-0.39, 0.29) is 18.4 Å². The lowest BCUT2D eigenvalue weighted by molar-refractivity contribution is -0.385. The number of rotatable bonds is 2. The fourth-order valence-corrected chi connectivity index (χ4v) is 5.39. The number of anilines is 1. The first kappa shape index (κ1) is 16.4. The number of thiophene rings is 1. The lowest BCUT2D eigenvalue weighted by Gasteiger charge is -2.27. The maximum absolute atomic E-state index is 12.8. The number of nitrogens with one attached hydrogen (secondary N) is 2. The Morgan fingerprint density at radius 2 is 2.04 bits per heavy atom. The number of ether oxygens (including phenoxy) is 2. The molecule has 2 aromatic rings. The van der Waals surface area contributed by atoms with Gasteiger partial charge in [-0.1, -0.05) is 6.92 Å². The quantitative estimate of drug-likeness (QED) is 0.605. The number of hydrogen-bond donors (Lipinski definition) is 2. The van der Waals surface area contributed by atoms with Crippen LogP contribution in [0.4, 0.5) is 10.7 Å². The van der Waals surface area contributed by atoms with E-state index in [1.165, 1.54) is 10.9 Å². The second kappa shape index (κ2) is 5.85. The number of hydrogen-bond acceptors (Lipinski definition) is 7. The van der Waals surface area contributed by atoms with E-state index in [0.717, 1.165) is 29.8 Å². The second-order valence-electron chi connectivity index (χ2n) is 7.13. The van der Waals surface area contributed by atoms with Gasteiger partial charge in [-0.25, -0.2) is 0 Å². The highest BCUT2D eigenvalue weighted by atomic mass is 32.1.